The first kappa shape index (κ1) is 16.2. The van der Waals surface area contributed by atoms with E-state index in [0.717, 1.165) is 43.4 Å². The topological polar surface area (TPSA) is 76.7 Å². The third kappa shape index (κ3) is 2.94. The second-order valence-electron chi connectivity index (χ2n) is 7.11. The zero-order valence-electron chi connectivity index (χ0n) is 14.3. The molecule has 1 aromatic carbocycles. The van der Waals surface area contributed by atoms with Gasteiger partial charge >= 0.3 is 0 Å². The zero-order valence-corrected chi connectivity index (χ0v) is 14.3. The van der Waals surface area contributed by atoms with Crippen LogP contribution in [0.2, 0.25) is 0 Å². The molecule has 2 heterocycles. The molecule has 0 aromatic heterocycles. The number of amides is 2. The van der Waals surface area contributed by atoms with Gasteiger partial charge in [0, 0.05) is 6.54 Å². The lowest BCUT2D eigenvalue weighted by Crippen LogP contribution is -2.54. The highest BCUT2D eigenvalue weighted by Crippen LogP contribution is 2.44. The summed E-state index contributed by atoms with van der Waals surface area (Å²) in [5.41, 5.74) is 0.385. The van der Waals surface area contributed by atoms with Gasteiger partial charge in [0.1, 0.15) is 19.3 Å². The third-order valence-corrected chi connectivity index (χ3v) is 5.58. The molecule has 134 valence electrons. The van der Waals surface area contributed by atoms with E-state index in [0.29, 0.717) is 31.9 Å². The SMILES string of the molecule is O=C1NCCCC1NC(=O)C1(c2ccc3c(c2)OCCO3)CCCC1. The van der Waals surface area contributed by atoms with Crippen molar-refractivity contribution in [3.8, 4) is 11.5 Å². The second-order valence-corrected chi connectivity index (χ2v) is 7.11. The first-order valence-corrected chi connectivity index (χ1v) is 9.18. The van der Waals surface area contributed by atoms with Crippen molar-refractivity contribution in [1.82, 2.24) is 10.6 Å². The van der Waals surface area contributed by atoms with Crippen LogP contribution in [-0.2, 0) is 15.0 Å². The van der Waals surface area contributed by atoms with E-state index in [-0.39, 0.29) is 11.8 Å². The Bertz CT molecular complexity index is 682. The van der Waals surface area contributed by atoms with Gasteiger partial charge in [0.15, 0.2) is 11.5 Å². The van der Waals surface area contributed by atoms with Gasteiger partial charge in [-0.2, -0.15) is 0 Å². The average Bonchev–Trinajstić information content (AvgIpc) is 3.14. The number of nitrogens with one attached hydrogen (secondary N) is 2. The molecule has 3 aliphatic rings. The van der Waals surface area contributed by atoms with E-state index in [1.165, 1.54) is 0 Å². The average molecular weight is 344 g/mol. The van der Waals surface area contributed by atoms with Gasteiger partial charge in [-0.3, -0.25) is 9.59 Å². The molecule has 1 aromatic rings. The highest BCUT2D eigenvalue weighted by molar-refractivity contribution is 5.93. The van der Waals surface area contributed by atoms with Gasteiger partial charge in [-0.05, 0) is 43.4 Å². The van der Waals surface area contributed by atoms with E-state index in [9.17, 15) is 9.59 Å². The molecular weight excluding hydrogens is 320 g/mol. The summed E-state index contributed by atoms with van der Waals surface area (Å²) >= 11 is 0. The van der Waals surface area contributed by atoms with Crippen molar-refractivity contribution in [3.05, 3.63) is 23.8 Å². The van der Waals surface area contributed by atoms with Crippen LogP contribution in [0, 0.1) is 0 Å². The molecule has 4 rings (SSSR count). The van der Waals surface area contributed by atoms with Crippen LogP contribution < -0.4 is 20.1 Å². The largest absolute Gasteiger partial charge is 0.486 e. The fraction of sp³-hybridized carbons (Fsp3) is 0.579. The van der Waals surface area contributed by atoms with Crippen LogP contribution in [0.25, 0.3) is 0 Å². The van der Waals surface area contributed by atoms with Gasteiger partial charge in [-0.25, -0.2) is 0 Å². The summed E-state index contributed by atoms with van der Waals surface area (Å²) < 4.78 is 11.3. The number of ether oxygens (including phenoxy) is 2. The van der Waals surface area contributed by atoms with E-state index >= 15 is 0 Å². The number of rotatable bonds is 3. The number of hydrogen-bond donors (Lipinski definition) is 2. The van der Waals surface area contributed by atoms with Crippen molar-refractivity contribution in [2.45, 2.75) is 50.0 Å². The van der Waals surface area contributed by atoms with Crippen molar-refractivity contribution >= 4 is 11.8 Å². The summed E-state index contributed by atoms with van der Waals surface area (Å²) in [5.74, 6) is 1.33. The number of hydrogen-bond acceptors (Lipinski definition) is 4. The van der Waals surface area contributed by atoms with Gasteiger partial charge < -0.3 is 20.1 Å². The molecule has 1 unspecified atom stereocenters. The molecule has 1 atom stereocenters. The predicted molar refractivity (Wildman–Crippen MR) is 91.8 cm³/mol. The van der Waals surface area contributed by atoms with E-state index in [1.807, 2.05) is 18.2 Å². The molecule has 1 saturated heterocycles. The Kier molecular flexibility index (Phi) is 4.27. The Hall–Kier alpha value is -2.24. The third-order valence-electron chi connectivity index (χ3n) is 5.58. The molecule has 1 saturated carbocycles. The molecule has 2 amide bonds. The smallest absolute Gasteiger partial charge is 0.242 e. The number of fused-ring (bicyclic) bond motifs is 1. The molecule has 0 radical (unpaired) electrons. The van der Waals surface area contributed by atoms with Crippen molar-refractivity contribution in [2.75, 3.05) is 19.8 Å². The quantitative estimate of drug-likeness (QED) is 0.874. The van der Waals surface area contributed by atoms with Crippen LogP contribution >= 0.6 is 0 Å². The predicted octanol–water partition coefficient (Wildman–Crippen LogP) is 1.66. The summed E-state index contributed by atoms with van der Waals surface area (Å²) in [6.45, 7) is 1.77. The summed E-state index contributed by atoms with van der Waals surface area (Å²) in [7, 11) is 0. The Morgan fingerprint density at radius 1 is 1.12 bits per heavy atom. The van der Waals surface area contributed by atoms with Crippen molar-refractivity contribution in [2.24, 2.45) is 0 Å². The van der Waals surface area contributed by atoms with Crippen LogP contribution in [0.5, 0.6) is 11.5 Å². The minimum atomic E-state index is -0.576. The molecule has 0 spiro atoms. The molecule has 6 heteroatoms. The van der Waals surface area contributed by atoms with Gasteiger partial charge in [0.2, 0.25) is 11.8 Å². The number of carbonyl (C=O) groups excluding carboxylic acids is 2. The second kappa shape index (κ2) is 6.58. The molecule has 2 aliphatic heterocycles. The zero-order chi connectivity index (χ0) is 17.3. The van der Waals surface area contributed by atoms with E-state index in [4.69, 9.17) is 9.47 Å². The highest BCUT2D eigenvalue weighted by atomic mass is 16.6. The summed E-state index contributed by atoms with van der Waals surface area (Å²) in [4.78, 5) is 25.2. The number of carbonyl (C=O) groups is 2. The fourth-order valence-electron chi connectivity index (χ4n) is 4.17. The van der Waals surface area contributed by atoms with Gasteiger partial charge in [0.25, 0.3) is 0 Å². The minimum Gasteiger partial charge on any atom is -0.486 e. The van der Waals surface area contributed by atoms with Gasteiger partial charge in [0.05, 0.1) is 5.41 Å². The van der Waals surface area contributed by atoms with Crippen LogP contribution in [0.1, 0.15) is 44.1 Å². The highest BCUT2D eigenvalue weighted by Gasteiger charge is 2.44. The van der Waals surface area contributed by atoms with Crippen LogP contribution in [0.15, 0.2) is 18.2 Å². The Morgan fingerprint density at radius 3 is 2.64 bits per heavy atom. The van der Waals surface area contributed by atoms with Crippen LogP contribution in [-0.4, -0.2) is 37.6 Å². The lowest BCUT2D eigenvalue weighted by Gasteiger charge is -2.32. The molecule has 2 fully saturated rings. The first-order valence-electron chi connectivity index (χ1n) is 9.18. The van der Waals surface area contributed by atoms with Crippen molar-refractivity contribution in [3.63, 3.8) is 0 Å². The van der Waals surface area contributed by atoms with Crippen LogP contribution in [0.4, 0.5) is 0 Å². The van der Waals surface area contributed by atoms with E-state index in [2.05, 4.69) is 10.6 Å². The molecule has 25 heavy (non-hydrogen) atoms. The standard InChI is InChI=1S/C19H24N2O4/c22-17-14(4-3-9-20-17)21-18(23)19(7-1-2-8-19)13-5-6-15-16(12-13)25-11-10-24-15/h5-6,12,14H,1-4,7-11H2,(H,20,22)(H,21,23). The molecule has 0 bridgehead atoms. The fourth-order valence-corrected chi connectivity index (χ4v) is 4.17. The van der Waals surface area contributed by atoms with Gasteiger partial charge in [-0.1, -0.05) is 18.9 Å². The lowest BCUT2D eigenvalue weighted by atomic mass is 9.77. The maximum atomic E-state index is 13.2. The minimum absolute atomic E-state index is 0.0382. The molecule has 6 nitrogen and oxygen atoms in total. The van der Waals surface area contributed by atoms with Gasteiger partial charge in [-0.15, -0.1) is 0 Å². The summed E-state index contributed by atoms with van der Waals surface area (Å²) in [5, 5.41) is 5.84. The number of piperidine rings is 1. The molecular formula is C19H24N2O4. The molecule has 2 N–H and O–H groups in total. The number of benzene rings is 1. The Balaban J connectivity index is 1.61. The van der Waals surface area contributed by atoms with E-state index < -0.39 is 11.5 Å². The maximum absolute atomic E-state index is 13.2. The monoisotopic (exact) mass is 344 g/mol. The molecule has 1 aliphatic carbocycles. The van der Waals surface area contributed by atoms with E-state index in [1.54, 1.807) is 0 Å². The van der Waals surface area contributed by atoms with Crippen molar-refractivity contribution in [1.29, 1.82) is 0 Å². The Morgan fingerprint density at radius 2 is 1.88 bits per heavy atom. The van der Waals surface area contributed by atoms with Crippen LogP contribution in [0.3, 0.4) is 0 Å². The Labute approximate surface area is 147 Å². The maximum Gasteiger partial charge on any atom is 0.242 e. The first-order chi connectivity index (χ1) is 12.2. The summed E-state index contributed by atoms with van der Waals surface area (Å²) in [6, 6.07) is 5.39. The lowest BCUT2D eigenvalue weighted by molar-refractivity contribution is -0.133. The normalized spacial score (nSPS) is 24.5. The van der Waals surface area contributed by atoms with Crippen molar-refractivity contribution < 1.29 is 19.1 Å². The summed E-state index contributed by atoms with van der Waals surface area (Å²) in [6.07, 6.45) is 5.22.